The summed E-state index contributed by atoms with van der Waals surface area (Å²) in [7, 11) is 0. The van der Waals surface area contributed by atoms with Crippen molar-refractivity contribution in [1.82, 2.24) is 9.78 Å². The van der Waals surface area contributed by atoms with E-state index in [0.29, 0.717) is 17.2 Å². The molecule has 15 heavy (non-hydrogen) atoms. The lowest BCUT2D eigenvalue weighted by Gasteiger charge is -2.05. The Labute approximate surface area is 89.9 Å². The molecule has 0 bridgehead atoms. The fourth-order valence-electron chi connectivity index (χ4n) is 1.34. The molecule has 1 heterocycles. The van der Waals surface area contributed by atoms with E-state index in [0.717, 1.165) is 13.0 Å². The fraction of sp³-hybridized carbons (Fsp3) is 0.600. The Morgan fingerprint density at radius 1 is 1.60 bits per heavy atom. The lowest BCUT2D eigenvalue weighted by Crippen LogP contribution is -2.11. The fourth-order valence-corrected chi connectivity index (χ4v) is 1.34. The molecule has 0 fully saturated rings. The van der Waals surface area contributed by atoms with Crippen molar-refractivity contribution in [3.63, 3.8) is 0 Å². The van der Waals surface area contributed by atoms with Gasteiger partial charge in [0.05, 0.1) is 0 Å². The molecule has 0 aliphatic carbocycles. The molecule has 3 N–H and O–H groups in total. The standard InChI is InChI=1S/C10H17N5/c1-4-5-15-9(12)8(6-11)10(14-15)13-7(2)3/h7H,4-5,12H2,1-3H3,(H,13,14). The first-order chi connectivity index (χ1) is 7.10. The van der Waals surface area contributed by atoms with Gasteiger partial charge in [0, 0.05) is 12.6 Å². The Bertz CT molecular complexity index is 372. The van der Waals surface area contributed by atoms with Crippen molar-refractivity contribution in [3.8, 4) is 6.07 Å². The number of anilines is 2. The van der Waals surface area contributed by atoms with E-state index in [1.165, 1.54) is 0 Å². The Balaban J connectivity index is 3.05. The first-order valence-corrected chi connectivity index (χ1v) is 5.13. The molecule has 5 nitrogen and oxygen atoms in total. The second-order valence-corrected chi connectivity index (χ2v) is 3.74. The van der Waals surface area contributed by atoms with E-state index in [9.17, 15) is 0 Å². The van der Waals surface area contributed by atoms with Crippen LogP contribution in [0.5, 0.6) is 0 Å². The van der Waals surface area contributed by atoms with Crippen LogP contribution in [0.15, 0.2) is 0 Å². The minimum atomic E-state index is 0.237. The number of rotatable bonds is 4. The summed E-state index contributed by atoms with van der Waals surface area (Å²) >= 11 is 0. The highest BCUT2D eigenvalue weighted by atomic mass is 15.3. The lowest BCUT2D eigenvalue weighted by molar-refractivity contribution is 0.611. The highest BCUT2D eigenvalue weighted by molar-refractivity contribution is 5.63. The summed E-state index contributed by atoms with van der Waals surface area (Å²) in [4.78, 5) is 0. The van der Waals surface area contributed by atoms with Crippen LogP contribution in [0.4, 0.5) is 11.6 Å². The van der Waals surface area contributed by atoms with Gasteiger partial charge in [0.2, 0.25) is 0 Å². The average molecular weight is 207 g/mol. The van der Waals surface area contributed by atoms with Crippen molar-refractivity contribution in [1.29, 1.82) is 5.26 Å². The van der Waals surface area contributed by atoms with Gasteiger partial charge in [0.1, 0.15) is 17.5 Å². The minimum Gasteiger partial charge on any atom is -0.383 e. The molecule has 1 aromatic heterocycles. The van der Waals surface area contributed by atoms with Crippen molar-refractivity contribution < 1.29 is 0 Å². The number of nitrogens with two attached hydrogens (primary N) is 1. The topological polar surface area (TPSA) is 79.7 Å². The van der Waals surface area contributed by atoms with Crippen molar-refractivity contribution in [2.75, 3.05) is 11.1 Å². The van der Waals surface area contributed by atoms with Gasteiger partial charge in [-0.3, -0.25) is 0 Å². The number of nitrogens with zero attached hydrogens (tertiary/aromatic N) is 3. The summed E-state index contributed by atoms with van der Waals surface area (Å²) in [5, 5.41) is 16.3. The van der Waals surface area contributed by atoms with Crippen molar-refractivity contribution in [2.24, 2.45) is 0 Å². The maximum Gasteiger partial charge on any atom is 0.168 e. The number of nitrogens with one attached hydrogen (secondary N) is 1. The first kappa shape index (κ1) is 11.4. The second-order valence-electron chi connectivity index (χ2n) is 3.74. The van der Waals surface area contributed by atoms with Crippen LogP contribution in [-0.4, -0.2) is 15.8 Å². The average Bonchev–Trinajstić information content (AvgIpc) is 2.43. The normalized spacial score (nSPS) is 10.3. The monoisotopic (exact) mass is 207 g/mol. The van der Waals surface area contributed by atoms with Crippen molar-refractivity contribution >= 4 is 11.6 Å². The molecular formula is C10H17N5. The number of nitriles is 1. The quantitative estimate of drug-likeness (QED) is 0.785. The molecule has 82 valence electrons. The third-order valence-corrected chi connectivity index (χ3v) is 1.96. The van der Waals surface area contributed by atoms with Crippen LogP contribution in [0.1, 0.15) is 32.8 Å². The third-order valence-electron chi connectivity index (χ3n) is 1.96. The van der Waals surface area contributed by atoms with Crippen molar-refractivity contribution in [3.05, 3.63) is 5.56 Å². The molecule has 0 radical (unpaired) electrons. The van der Waals surface area contributed by atoms with Gasteiger partial charge < -0.3 is 11.1 Å². The number of hydrogen-bond acceptors (Lipinski definition) is 4. The molecule has 0 aliphatic rings. The Morgan fingerprint density at radius 2 is 2.27 bits per heavy atom. The van der Waals surface area contributed by atoms with E-state index >= 15 is 0 Å². The van der Waals surface area contributed by atoms with Gasteiger partial charge in [-0.1, -0.05) is 6.92 Å². The van der Waals surface area contributed by atoms with Gasteiger partial charge in [-0.05, 0) is 20.3 Å². The first-order valence-electron chi connectivity index (χ1n) is 5.13. The molecule has 5 heteroatoms. The summed E-state index contributed by atoms with van der Waals surface area (Å²) in [6.45, 7) is 6.77. The Morgan fingerprint density at radius 3 is 2.73 bits per heavy atom. The van der Waals surface area contributed by atoms with E-state index in [4.69, 9.17) is 11.0 Å². The SMILES string of the molecule is CCCn1nc(NC(C)C)c(C#N)c1N. The van der Waals surface area contributed by atoms with E-state index < -0.39 is 0 Å². The van der Waals surface area contributed by atoms with Crippen LogP contribution in [0, 0.1) is 11.3 Å². The predicted octanol–water partition coefficient (Wildman–Crippen LogP) is 1.57. The minimum absolute atomic E-state index is 0.237. The molecule has 0 atom stereocenters. The van der Waals surface area contributed by atoms with Crippen LogP contribution >= 0.6 is 0 Å². The number of aryl methyl sites for hydroxylation is 1. The van der Waals surface area contributed by atoms with Gasteiger partial charge in [0.15, 0.2) is 5.82 Å². The number of nitrogen functional groups attached to an aromatic ring is 1. The van der Waals surface area contributed by atoms with E-state index in [2.05, 4.69) is 16.5 Å². The van der Waals surface area contributed by atoms with Crippen LogP contribution in [0.3, 0.4) is 0 Å². The second kappa shape index (κ2) is 4.69. The van der Waals surface area contributed by atoms with E-state index in [-0.39, 0.29) is 6.04 Å². The molecule has 0 saturated carbocycles. The summed E-state index contributed by atoms with van der Waals surface area (Å²) in [5.74, 6) is 1.03. The molecule has 0 aromatic carbocycles. The highest BCUT2D eigenvalue weighted by Crippen LogP contribution is 2.21. The zero-order valence-electron chi connectivity index (χ0n) is 9.41. The van der Waals surface area contributed by atoms with Gasteiger partial charge in [-0.25, -0.2) is 4.68 Å². The predicted molar refractivity (Wildman–Crippen MR) is 60.4 cm³/mol. The Hall–Kier alpha value is -1.70. The summed E-state index contributed by atoms with van der Waals surface area (Å²) in [6.07, 6.45) is 0.942. The smallest absolute Gasteiger partial charge is 0.168 e. The Kier molecular flexibility index (Phi) is 3.56. The number of aromatic nitrogens is 2. The summed E-state index contributed by atoms with van der Waals surface area (Å²) in [6, 6.07) is 2.31. The maximum absolute atomic E-state index is 8.97. The van der Waals surface area contributed by atoms with Gasteiger partial charge in [0.25, 0.3) is 0 Å². The summed E-state index contributed by atoms with van der Waals surface area (Å²) in [5.41, 5.74) is 6.26. The zero-order valence-corrected chi connectivity index (χ0v) is 9.41. The molecular weight excluding hydrogens is 190 g/mol. The largest absolute Gasteiger partial charge is 0.383 e. The zero-order chi connectivity index (χ0) is 11.4. The molecule has 0 spiro atoms. The van der Waals surface area contributed by atoms with Crippen molar-refractivity contribution in [2.45, 2.75) is 39.8 Å². The molecule has 0 unspecified atom stereocenters. The van der Waals surface area contributed by atoms with Crippen LogP contribution < -0.4 is 11.1 Å². The van der Waals surface area contributed by atoms with Gasteiger partial charge in [-0.15, -0.1) is 0 Å². The molecule has 1 rings (SSSR count). The van der Waals surface area contributed by atoms with Crippen LogP contribution in [-0.2, 0) is 6.54 Å². The molecule has 0 saturated heterocycles. The summed E-state index contributed by atoms with van der Waals surface area (Å²) < 4.78 is 1.67. The molecule has 1 aromatic rings. The van der Waals surface area contributed by atoms with Gasteiger partial charge in [-0.2, -0.15) is 10.4 Å². The molecule has 0 aliphatic heterocycles. The third kappa shape index (κ3) is 2.40. The van der Waals surface area contributed by atoms with E-state index in [1.54, 1.807) is 4.68 Å². The van der Waals surface area contributed by atoms with Crippen LogP contribution in [0.25, 0.3) is 0 Å². The highest BCUT2D eigenvalue weighted by Gasteiger charge is 2.15. The van der Waals surface area contributed by atoms with E-state index in [1.807, 2.05) is 20.8 Å². The number of hydrogen-bond donors (Lipinski definition) is 2. The molecule has 0 amide bonds. The lowest BCUT2D eigenvalue weighted by atomic mass is 10.3. The van der Waals surface area contributed by atoms with Crippen LogP contribution in [0.2, 0.25) is 0 Å². The maximum atomic E-state index is 8.97. The van der Waals surface area contributed by atoms with Gasteiger partial charge >= 0.3 is 0 Å².